The van der Waals surface area contributed by atoms with Gasteiger partial charge in [0, 0.05) is 17.8 Å². The maximum absolute atomic E-state index is 4.02. The van der Waals surface area contributed by atoms with E-state index in [1.807, 2.05) is 0 Å². The Bertz CT molecular complexity index is 179. The molecule has 0 bridgehead atoms. The molecule has 2 unspecified atom stereocenters. The molecule has 0 saturated heterocycles. The molecule has 1 aliphatic carbocycles. The molecule has 2 heteroatoms. The monoisotopic (exact) mass is 213 g/mol. The quantitative estimate of drug-likeness (QED) is 0.680. The van der Waals surface area contributed by atoms with E-state index in [-0.39, 0.29) is 0 Å². The second-order valence-corrected chi connectivity index (χ2v) is 5.65. The Labute approximate surface area is 92.7 Å². The van der Waals surface area contributed by atoms with Crippen molar-refractivity contribution in [1.82, 2.24) is 5.32 Å². The molecule has 0 amide bonds. The number of hydrogen-bond donors (Lipinski definition) is 1. The normalized spacial score (nSPS) is 26.7. The molecule has 0 aliphatic heterocycles. The van der Waals surface area contributed by atoms with Gasteiger partial charge in [-0.3, -0.25) is 0 Å². The summed E-state index contributed by atoms with van der Waals surface area (Å²) >= 11 is 2.12. The summed E-state index contributed by atoms with van der Waals surface area (Å²) in [5.41, 5.74) is 1.33. The molecule has 1 aliphatic rings. The molecule has 1 fully saturated rings. The molecule has 0 spiro atoms. The zero-order chi connectivity index (χ0) is 10.4. The minimum Gasteiger partial charge on any atom is -0.310 e. The fourth-order valence-corrected chi connectivity index (χ4v) is 3.07. The Morgan fingerprint density at radius 3 is 2.86 bits per heavy atom. The van der Waals surface area contributed by atoms with Crippen molar-refractivity contribution in [1.29, 1.82) is 0 Å². The van der Waals surface area contributed by atoms with Crippen LogP contribution in [0, 0.1) is 0 Å². The van der Waals surface area contributed by atoms with Crippen molar-refractivity contribution in [3.8, 4) is 0 Å². The number of thioether (sulfide) groups is 1. The maximum Gasteiger partial charge on any atom is 0.0164 e. The molecule has 0 aromatic heterocycles. The number of nitrogens with one attached hydrogen (secondary N) is 1. The van der Waals surface area contributed by atoms with Crippen LogP contribution in [0.25, 0.3) is 0 Å². The molecule has 1 saturated carbocycles. The molecule has 1 nitrogen and oxygen atoms in total. The molecule has 82 valence electrons. The fraction of sp³-hybridized carbons (Fsp3) is 0.833. The third-order valence-electron chi connectivity index (χ3n) is 2.93. The van der Waals surface area contributed by atoms with Crippen molar-refractivity contribution in [2.75, 3.05) is 12.3 Å². The zero-order valence-corrected chi connectivity index (χ0v) is 10.3. The summed E-state index contributed by atoms with van der Waals surface area (Å²) in [5, 5.41) is 4.52. The van der Waals surface area contributed by atoms with E-state index in [1.165, 1.54) is 30.6 Å². The van der Waals surface area contributed by atoms with Gasteiger partial charge in [-0.15, -0.1) is 0 Å². The SMILES string of the molecule is C=C(CC)CNC1CCC(SCC)C1. The Hall–Kier alpha value is 0.0500. The molecular formula is C12H23NS. The van der Waals surface area contributed by atoms with Crippen LogP contribution < -0.4 is 5.32 Å². The van der Waals surface area contributed by atoms with Crippen LogP contribution in [0.15, 0.2) is 12.2 Å². The first-order valence-electron chi connectivity index (χ1n) is 5.77. The third kappa shape index (κ3) is 4.05. The van der Waals surface area contributed by atoms with Gasteiger partial charge in [-0.25, -0.2) is 0 Å². The third-order valence-corrected chi connectivity index (χ3v) is 4.16. The van der Waals surface area contributed by atoms with Crippen molar-refractivity contribution in [3.05, 3.63) is 12.2 Å². The lowest BCUT2D eigenvalue weighted by molar-refractivity contribution is 0.547. The van der Waals surface area contributed by atoms with Gasteiger partial charge in [0.25, 0.3) is 0 Å². The first-order valence-corrected chi connectivity index (χ1v) is 6.82. The average Bonchev–Trinajstić information content (AvgIpc) is 2.63. The van der Waals surface area contributed by atoms with Crippen LogP contribution in [0.5, 0.6) is 0 Å². The van der Waals surface area contributed by atoms with Crippen LogP contribution >= 0.6 is 11.8 Å². The minimum atomic E-state index is 0.752. The van der Waals surface area contributed by atoms with E-state index >= 15 is 0 Å². The standard InChI is InChI=1S/C12H23NS/c1-4-10(3)9-13-11-6-7-12(8-11)14-5-2/h11-13H,3-9H2,1-2H3. The molecule has 14 heavy (non-hydrogen) atoms. The van der Waals surface area contributed by atoms with E-state index in [1.54, 1.807) is 0 Å². The Morgan fingerprint density at radius 1 is 1.43 bits per heavy atom. The van der Waals surface area contributed by atoms with Gasteiger partial charge >= 0.3 is 0 Å². The molecule has 1 rings (SSSR count). The lowest BCUT2D eigenvalue weighted by Crippen LogP contribution is -2.28. The van der Waals surface area contributed by atoms with Crippen LogP contribution in [-0.4, -0.2) is 23.6 Å². The molecular weight excluding hydrogens is 190 g/mol. The Balaban J connectivity index is 2.13. The van der Waals surface area contributed by atoms with Crippen molar-refractivity contribution in [2.45, 2.75) is 50.8 Å². The molecule has 0 heterocycles. The fourth-order valence-electron chi connectivity index (χ4n) is 1.93. The lowest BCUT2D eigenvalue weighted by Gasteiger charge is -2.13. The smallest absolute Gasteiger partial charge is 0.0164 e. The number of rotatable bonds is 6. The highest BCUT2D eigenvalue weighted by molar-refractivity contribution is 7.99. The van der Waals surface area contributed by atoms with Gasteiger partial charge in [0.2, 0.25) is 0 Å². The van der Waals surface area contributed by atoms with E-state index in [0.29, 0.717) is 0 Å². The lowest BCUT2D eigenvalue weighted by atomic mass is 10.2. The predicted molar refractivity (Wildman–Crippen MR) is 67.0 cm³/mol. The van der Waals surface area contributed by atoms with Crippen LogP contribution in [0.4, 0.5) is 0 Å². The highest BCUT2D eigenvalue weighted by atomic mass is 32.2. The average molecular weight is 213 g/mol. The van der Waals surface area contributed by atoms with Crippen molar-refractivity contribution in [2.24, 2.45) is 0 Å². The summed E-state index contributed by atoms with van der Waals surface area (Å²) < 4.78 is 0. The largest absolute Gasteiger partial charge is 0.310 e. The van der Waals surface area contributed by atoms with Gasteiger partial charge in [0.05, 0.1) is 0 Å². The van der Waals surface area contributed by atoms with Crippen LogP contribution in [-0.2, 0) is 0 Å². The van der Waals surface area contributed by atoms with Gasteiger partial charge in [-0.05, 0) is 31.4 Å². The Kier molecular flexibility index (Phi) is 5.64. The van der Waals surface area contributed by atoms with Crippen LogP contribution in [0.3, 0.4) is 0 Å². The van der Waals surface area contributed by atoms with Gasteiger partial charge in [-0.1, -0.05) is 26.0 Å². The first kappa shape index (κ1) is 12.1. The van der Waals surface area contributed by atoms with Crippen molar-refractivity contribution >= 4 is 11.8 Å². The first-order chi connectivity index (χ1) is 6.76. The van der Waals surface area contributed by atoms with E-state index < -0.39 is 0 Å². The summed E-state index contributed by atoms with van der Waals surface area (Å²) in [6.07, 6.45) is 5.21. The van der Waals surface area contributed by atoms with Crippen molar-refractivity contribution < 1.29 is 0 Å². The van der Waals surface area contributed by atoms with Crippen LogP contribution in [0.1, 0.15) is 39.5 Å². The van der Waals surface area contributed by atoms with Gasteiger partial charge in [0.1, 0.15) is 0 Å². The molecule has 0 aromatic carbocycles. The highest BCUT2D eigenvalue weighted by Gasteiger charge is 2.23. The number of hydrogen-bond acceptors (Lipinski definition) is 2. The van der Waals surface area contributed by atoms with E-state index in [0.717, 1.165) is 24.3 Å². The maximum atomic E-state index is 4.02. The summed E-state index contributed by atoms with van der Waals surface area (Å²) in [6, 6.07) is 0.752. The highest BCUT2D eigenvalue weighted by Crippen LogP contribution is 2.29. The van der Waals surface area contributed by atoms with E-state index in [4.69, 9.17) is 0 Å². The van der Waals surface area contributed by atoms with Gasteiger partial charge in [-0.2, -0.15) is 11.8 Å². The zero-order valence-electron chi connectivity index (χ0n) is 9.51. The summed E-state index contributed by atoms with van der Waals surface area (Å²) in [6.45, 7) is 9.47. The minimum absolute atomic E-state index is 0.752. The Morgan fingerprint density at radius 2 is 2.21 bits per heavy atom. The van der Waals surface area contributed by atoms with Crippen molar-refractivity contribution in [3.63, 3.8) is 0 Å². The molecule has 0 aromatic rings. The van der Waals surface area contributed by atoms with E-state index in [2.05, 4.69) is 37.5 Å². The van der Waals surface area contributed by atoms with Gasteiger partial charge in [0.15, 0.2) is 0 Å². The topological polar surface area (TPSA) is 12.0 Å². The molecule has 0 radical (unpaired) electrons. The van der Waals surface area contributed by atoms with Gasteiger partial charge < -0.3 is 5.32 Å². The summed E-state index contributed by atoms with van der Waals surface area (Å²) in [7, 11) is 0. The molecule has 2 atom stereocenters. The summed E-state index contributed by atoms with van der Waals surface area (Å²) in [4.78, 5) is 0. The predicted octanol–water partition coefficient (Wildman–Crippen LogP) is 3.22. The second-order valence-electron chi connectivity index (χ2n) is 4.07. The summed E-state index contributed by atoms with van der Waals surface area (Å²) in [5.74, 6) is 1.26. The molecule has 1 N–H and O–H groups in total. The van der Waals surface area contributed by atoms with E-state index in [9.17, 15) is 0 Å². The second kappa shape index (κ2) is 6.52. The van der Waals surface area contributed by atoms with Crippen LogP contribution in [0.2, 0.25) is 0 Å².